The quantitative estimate of drug-likeness (QED) is 0.836. The average molecular weight is 244 g/mol. The number of hydrogen-bond donors (Lipinski definition) is 2. The van der Waals surface area contributed by atoms with Crippen LogP contribution < -0.4 is 5.73 Å². The molecule has 2 nitrogen and oxygen atoms in total. The maximum Gasteiger partial charge on any atom is 0.0624 e. The number of hydrogen-bond acceptors (Lipinski definition) is 2. The molecule has 0 saturated heterocycles. The van der Waals surface area contributed by atoms with Crippen molar-refractivity contribution in [2.24, 2.45) is 5.73 Å². The van der Waals surface area contributed by atoms with Gasteiger partial charge >= 0.3 is 0 Å². The van der Waals surface area contributed by atoms with Crippen LogP contribution >= 0.6 is 15.9 Å². The molecule has 0 saturated carbocycles. The van der Waals surface area contributed by atoms with Crippen LogP contribution in [0.4, 0.5) is 0 Å². The smallest absolute Gasteiger partial charge is 0.0624 e. The number of rotatable bonds is 2. The molecule has 0 amide bonds. The molecule has 0 aliphatic carbocycles. The number of halogens is 1. The molecule has 13 heavy (non-hydrogen) atoms. The summed E-state index contributed by atoms with van der Waals surface area (Å²) in [6, 6.07) is 3.72. The summed E-state index contributed by atoms with van der Waals surface area (Å²) >= 11 is 3.44. The lowest BCUT2D eigenvalue weighted by molar-refractivity contribution is 0.267. The molecule has 1 atom stereocenters. The first kappa shape index (κ1) is 10.7. The third-order valence-electron chi connectivity index (χ3n) is 2.23. The van der Waals surface area contributed by atoms with E-state index in [4.69, 9.17) is 10.8 Å². The highest BCUT2D eigenvalue weighted by Gasteiger charge is 2.12. The number of aliphatic hydroxyl groups is 1. The first-order valence-corrected chi connectivity index (χ1v) is 4.99. The second kappa shape index (κ2) is 4.22. The van der Waals surface area contributed by atoms with E-state index < -0.39 is 0 Å². The van der Waals surface area contributed by atoms with Crippen molar-refractivity contribution in [1.82, 2.24) is 0 Å². The summed E-state index contributed by atoms with van der Waals surface area (Å²) in [6.45, 7) is 3.99. The van der Waals surface area contributed by atoms with E-state index in [2.05, 4.69) is 15.9 Å². The number of nitrogens with two attached hydrogens (primary N) is 1. The topological polar surface area (TPSA) is 46.2 Å². The predicted octanol–water partition coefficient (Wildman–Crippen LogP) is 2.06. The van der Waals surface area contributed by atoms with Gasteiger partial charge in [-0.15, -0.1) is 0 Å². The van der Waals surface area contributed by atoms with Gasteiger partial charge in [-0.1, -0.05) is 22.0 Å². The van der Waals surface area contributed by atoms with Crippen LogP contribution in [0.25, 0.3) is 0 Å². The molecule has 0 bridgehead atoms. The molecule has 0 radical (unpaired) electrons. The lowest BCUT2D eigenvalue weighted by atomic mass is 9.97. The molecular weight excluding hydrogens is 230 g/mol. The van der Waals surface area contributed by atoms with E-state index in [0.717, 1.165) is 21.2 Å². The monoisotopic (exact) mass is 243 g/mol. The fourth-order valence-electron chi connectivity index (χ4n) is 1.50. The zero-order valence-electron chi connectivity index (χ0n) is 7.84. The third-order valence-corrected chi connectivity index (χ3v) is 3.09. The fraction of sp³-hybridized carbons (Fsp3) is 0.400. The zero-order chi connectivity index (χ0) is 10.0. The molecule has 1 aromatic carbocycles. The largest absolute Gasteiger partial charge is 0.394 e. The molecule has 72 valence electrons. The normalized spacial score (nSPS) is 13.0. The molecule has 0 fully saturated rings. The van der Waals surface area contributed by atoms with Crippen molar-refractivity contribution in [2.45, 2.75) is 19.9 Å². The Kier molecular flexibility index (Phi) is 3.47. The molecule has 0 aliphatic rings. The fourth-order valence-corrected chi connectivity index (χ4v) is 1.84. The second-order valence-electron chi connectivity index (χ2n) is 3.19. The van der Waals surface area contributed by atoms with Crippen molar-refractivity contribution in [3.63, 3.8) is 0 Å². The van der Waals surface area contributed by atoms with E-state index >= 15 is 0 Å². The minimum absolute atomic E-state index is 0.0157. The SMILES string of the molecule is Cc1ccc(Br)c(C)c1C(N)CO. The standard InChI is InChI=1S/C10H14BrNO/c1-6-3-4-8(11)7(2)10(6)9(12)5-13/h3-4,9,13H,5,12H2,1-2H3. The van der Waals surface area contributed by atoms with Gasteiger partial charge in [0.1, 0.15) is 0 Å². The summed E-state index contributed by atoms with van der Waals surface area (Å²) in [5.41, 5.74) is 9.07. The Morgan fingerprint density at radius 3 is 2.62 bits per heavy atom. The zero-order valence-corrected chi connectivity index (χ0v) is 9.43. The van der Waals surface area contributed by atoms with Gasteiger partial charge in [-0.25, -0.2) is 0 Å². The maximum absolute atomic E-state index is 8.99. The molecule has 0 spiro atoms. The average Bonchev–Trinajstić information content (AvgIpc) is 2.12. The molecule has 3 N–H and O–H groups in total. The molecule has 1 rings (SSSR count). The van der Waals surface area contributed by atoms with Crippen LogP contribution in [0.3, 0.4) is 0 Å². The molecular formula is C10H14BrNO. The Labute approximate surface area is 86.9 Å². The summed E-state index contributed by atoms with van der Waals surface area (Å²) < 4.78 is 1.04. The van der Waals surface area contributed by atoms with Gasteiger partial charge in [0.05, 0.1) is 12.6 Å². The first-order valence-electron chi connectivity index (χ1n) is 4.20. The summed E-state index contributed by atoms with van der Waals surface area (Å²) in [5, 5.41) is 8.99. The molecule has 3 heteroatoms. The van der Waals surface area contributed by atoms with E-state index in [1.807, 2.05) is 26.0 Å². The first-order chi connectivity index (χ1) is 6.07. The summed E-state index contributed by atoms with van der Waals surface area (Å²) in [4.78, 5) is 0. The minimum atomic E-state index is -0.280. The van der Waals surface area contributed by atoms with Crippen molar-refractivity contribution in [3.05, 3.63) is 33.3 Å². The number of aryl methyl sites for hydroxylation is 1. The highest BCUT2D eigenvalue weighted by atomic mass is 79.9. The molecule has 0 aromatic heterocycles. The van der Waals surface area contributed by atoms with Gasteiger partial charge in [0.15, 0.2) is 0 Å². The van der Waals surface area contributed by atoms with Gasteiger partial charge in [0.25, 0.3) is 0 Å². The molecule has 0 aliphatic heterocycles. The van der Waals surface area contributed by atoms with E-state index in [1.54, 1.807) is 0 Å². The highest BCUT2D eigenvalue weighted by Crippen LogP contribution is 2.26. The van der Waals surface area contributed by atoms with E-state index in [0.29, 0.717) is 0 Å². The maximum atomic E-state index is 8.99. The Bertz CT molecular complexity index is 312. The van der Waals surface area contributed by atoms with Crippen LogP contribution in [0.2, 0.25) is 0 Å². The van der Waals surface area contributed by atoms with Gasteiger partial charge in [-0.05, 0) is 36.6 Å². The van der Waals surface area contributed by atoms with Crippen LogP contribution in [0.1, 0.15) is 22.7 Å². The lowest BCUT2D eigenvalue weighted by Gasteiger charge is -2.16. The van der Waals surface area contributed by atoms with Crippen molar-refractivity contribution in [2.75, 3.05) is 6.61 Å². The van der Waals surface area contributed by atoms with Gasteiger partial charge in [-0.2, -0.15) is 0 Å². The summed E-state index contributed by atoms with van der Waals surface area (Å²) in [6.07, 6.45) is 0. The van der Waals surface area contributed by atoms with Crippen LogP contribution in [-0.4, -0.2) is 11.7 Å². The van der Waals surface area contributed by atoms with Gasteiger partial charge in [-0.3, -0.25) is 0 Å². The van der Waals surface area contributed by atoms with Crippen LogP contribution in [0.5, 0.6) is 0 Å². The van der Waals surface area contributed by atoms with Crippen molar-refractivity contribution < 1.29 is 5.11 Å². The molecule has 1 aromatic rings. The highest BCUT2D eigenvalue weighted by molar-refractivity contribution is 9.10. The lowest BCUT2D eigenvalue weighted by Crippen LogP contribution is -2.17. The van der Waals surface area contributed by atoms with Crippen molar-refractivity contribution in [3.8, 4) is 0 Å². The van der Waals surface area contributed by atoms with E-state index in [1.165, 1.54) is 0 Å². The van der Waals surface area contributed by atoms with Crippen LogP contribution in [-0.2, 0) is 0 Å². The van der Waals surface area contributed by atoms with Crippen molar-refractivity contribution >= 4 is 15.9 Å². The Balaban J connectivity index is 3.25. The predicted molar refractivity (Wildman–Crippen MR) is 57.6 cm³/mol. The van der Waals surface area contributed by atoms with E-state index in [9.17, 15) is 0 Å². The Morgan fingerprint density at radius 1 is 1.46 bits per heavy atom. The van der Waals surface area contributed by atoms with Gasteiger partial charge < -0.3 is 10.8 Å². The summed E-state index contributed by atoms with van der Waals surface area (Å²) in [7, 11) is 0. The number of benzene rings is 1. The number of aliphatic hydroxyl groups excluding tert-OH is 1. The minimum Gasteiger partial charge on any atom is -0.394 e. The van der Waals surface area contributed by atoms with Gasteiger partial charge in [0, 0.05) is 4.47 Å². The van der Waals surface area contributed by atoms with E-state index in [-0.39, 0.29) is 12.6 Å². The Morgan fingerprint density at radius 2 is 2.08 bits per heavy atom. The molecule has 0 heterocycles. The molecule has 1 unspecified atom stereocenters. The van der Waals surface area contributed by atoms with Crippen LogP contribution in [0, 0.1) is 13.8 Å². The third kappa shape index (κ3) is 2.10. The Hall–Kier alpha value is -0.380. The second-order valence-corrected chi connectivity index (χ2v) is 4.05. The van der Waals surface area contributed by atoms with Gasteiger partial charge in [0.2, 0.25) is 0 Å². The van der Waals surface area contributed by atoms with Crippen LogP contribution in [0.15, 0.2) is 16.6 Å². The summed E-state index contributed by atoms with van der Waals surface area (Å²) in [5.74, 6) is 0. The van der Waals surface area contributed by atoms with Crippen molar-refractivity contribution in [1.29, 1.82) is 0 Å².